The predicted octanol–water partition coefficient (Wildman–Crippen LogP) is 1.21. The van der Waals surface area contributed by atoms with E-state index < -0.39 is 15.9 Å². The van der Waals surface area contributed by atoms with Crippen molar-refractivity contribution in [2.75, 3.05) is 21.3 Å². The summed E-state index contributed by atoms with van der Waals surface area (Å²) in [6.07, 6.45) is 0. The summed E-state index contributed by atoms with van der Waals surface area (Å²) in [6, 6.07) is 9.98. The zero-order valence-electron chi connectivity index (χ0n) is 14.8. The molecule has 142 valence electrons. The van der Waals surface area contributed by atoms with Crippen LogP contribution < -0.4 is 24.5 Å². The Morgan fingerprint density at radius 1 is 1.04 bits per heavy atom. The van der Waals surface area contributed by atoms with E-state index >= 15 is 0 Å². The molecule has 10 heteroatoms. The van der Waals surface area contributed by atoms with Gasteiger partial charge >= 0.3 is 0 Å². The number of carbonyl (C=O) groups is 1. The molecule has 9 nitrogen and oxygen atoms in total. The van der Waals surface area contributed by atoms with E-state index in [1.807, 2.05) is 10.9 Å². The number of amides is 1. The zero-order valence-corrected chi connectivity index (χ0v) is 15.6. The molecule has 0 radical (unpaired) electrons. The quantitative estimate of drug-likeness (QED) is 0.679. The van der Waals surface area contributed by atoms with Gasteiger partial charge in [-0.25, -0.2) is 8.42 Å². The maximum Gasteiger partial charge on any atom is 0.266 e. The second-order valence-corrected chi connectivity index (χ2v) is 6.80. The number of benzene rings is 2. The molecular weight excluding hydrogens is 374 g/mol. The van der Waals surface area contributed by atoms with Crippen molar-refractivity contribution in [1.29, 1.82) is 5.26 Å². The maximum atomic E-state index is 12.3. The molecule has 0 aliphatic rings. The number of sulfonamides is 1. The number of hydrazine groups is 1. The molecule has 0 fully saturated rings. The van der Waals surface area contributed by atoms with Crippen LogP contribution in [0.5, 0.6) is 17.2 Å². The van der Waals surface area contributed by atoms with E-state index in [2.05, 4.69) is 5.43 Å². The first kappa shape index (κ1) is 20.0. The van der Waals surface area contributed by atoms with Crippen LogP contribution in [0.25, 0.3) is 0 Å². The first-order valence-electron chi connectivity index (χ1n) is 7.48. The van der Waals surface area contributed by atoms with Gasteiger partial charge in [-0.1, -0.05) is 6.07 Å². The predicted molar refractivity (Wildman–Crippen MR) is 95.0 cm³/mol. The highest BCUT2D eigenvalue weighted by Gasteiger charge is 2.19. The molecule has 0 aliphatic heterocycles. The number of rotatable bonds is 7. The second kappa shape index (κ2) is 8.39. The Morgan fingerprint density at radius 2 is 1.67 bits per heavy atom. The van der Waals surface area contributed by atoms with Crippen molar-refractivity contribution in [2.45, 2.75) is 4.90 Å². The SMILES string of the molecule is COc1cc(C(=O)NNS(=O)(=O)c2cccc(C#N)c2)cc(OC)c1OC. The van der Waals surface area contributed by atoms with Crippen LogP contribution in [-0.2, 0) is 10.0 Å². The molecule has 0 saturated heterocycles. The lowest BCUT2D eigenvalue weighted by Crippen LogP contribution is -2.41. The van der Waals surface area contributed by atoms with E-state index in [9.17, 15) is 13.2 Å². The van der Waals surface area contributed by atoms with Crippen LogP contribution in [-0.4, -0.2) is 35.7 Å². The number of hydrogen-bond donors (Lipinski definition) is 2. The Kier molecular flexibility index (Phi) is 6.23. The summed E-state index contributed by atoms with van der Waals surface area (Å²) in [5, 5.41) is 8.87. The first-order chi connectivity index (χ1) is 12.9. The Hall–Kier alpha value is -3.29. The zero-order chi connectivity index (χ0) is 20.0. The average molecular weight is 391 g/mol. The molecule has 27 heavy (non-hydrogen) atoms. The van der Waals surface area contributed by atoms with Crippen LogP contribution in [0.4, 0.5) is 0 Å². The van der Waals surface area contributed by atoms with Gasteiger partial charge in [-0.3, -0.25) is 10.2 Å². The van der Waals surface area contributed by atoms with Crippen molar-refractivity contribution in [3.63, 3.8) is 0 Å². The molecule has 0 aliphatic carbocycles. The molecule has 0 aromatic heterocycles. The minimum atomic E-state index is -4.06. The lowest BCUT2D eigenvalue weighted by atomic mass is 10.1. The smallest absolute Gasteiger partial charge is 0.266 e. The van der Waals surface area contributed by atoms with E-state index in [-0.39, 0.29) is 27.5 Å². The monoisotopic (exact) mass is 391 g/mol. The topological polar surface area (TPSA) is 127 Å². The van der Waals surface area contributed by atoms with Crippen molar-refractivity contribution >= 4 is 15.9 Å². The summed E-state index contributed by atoms with van der Waals surface area (Å²) >= 11 is 0. The number of nitriles is 1. The molecule has 0 spiro atoms. The molecule has 1 amide bonds. The molecule has 0 atom stereocenters. The van der Waals surface area contributed by atoms with Crippen LogP contribution in [0.2, 0.25) is 0 Å². The van der Waals surface area contributed by atoms with Crippen LogP contribution in [0.1, 0.15) is 15.9 Å². The minimum absolute atomic E-state index is 0.0815. The Labute approximate surface area is 156 Å². The summed E-state index contributed by atoms with van der Waals surface area (Å²) in [6.45, 7) is 0. The lowest BCUT2D eigenvalue weighted by Gasteiger charge is -2.14. The number of hydrogen-bond acceptors (Lipinski definition) is 7. The third-order valence-corrected chi connectivity index (χ3v) is 4.74. The van der Waals surface area contributed by atoms with Crippen molar-refractivity contribution in [1.82, 2.24) is 10.3 Å². The fourth-order valence-corrected chi connectivity index (χ4v) is 3.07. The van der Waals surface area contributed by atoms with E-state index in [0.717, 1.165) is 0 Å². The number of methoxy groups -OCH3 is 3. The summed E-state index contributed by atoms with van der Waals surface area (Å²) in [5.74, 6) is 0.0397. The van der Waals surface area contributed by atoms with Gasteiger partial charge in [0.2, 0.25) is 5.75 Å². The highest BCUT2D eigenvalue weighted by Crippen LogP contribution is 2.38. The van der Waals surface area contributed by atoms with Gasteiger partial charge < -0.3 is 14.2 Å². The number of carbonyl (C=O) groups excluding carboxylic acids is 1. The Balaban J connectivity index is 2.23. The molecule has 2 aromatic rings. The molecule has 2 aromatic carbocycles. The molecule has 2 rings (SSSR count). The lowest BCUT2D eigenvalue weighted by molar-refractivity contribution is 0.0944. The van der Waals surface area contributed by atoms with Crippen molar-refractivity contribution in [2.24, 2.45) is 0 Å². The van der Waals surface area contributed by atoms with Gasteiger partial charge in [-0.2, -0.15) is 5.26 Å². The van der Waals surface area contributed by atoms with Gasteiger partial charge in [-0.15, -0.1) is 4.83 Å². The van der Waals surface area contributed by atoms with E-state index in [0.29, 0.717) is 5.75 Å². The molecule has 0 unspecified atom stereocenters. The maximum absolute atomic E-state index is 12.3. The summed E-state index contributed by atoms with van der Waals surface area (Å²) in [7, 11) is 0.145. The van der Waals surface area contributed by atoms with E-state index in [1.54, 1.807) is 0 Å². The minimum Gasteiger partial charge on any atom is -0.493 e. The van der Waals surface area contributed by atoms with Gasteiger partial charge in [0.25, 0.3) is 15.9 Å². The highest BCUT2D eigenvalue weighted by molar-refractivity contribution is 7.89. The molecule has 0 bridgehead atoms. The highest BCUT2D eigenvalue weighted by atomic mass is 32.2. The van der Waals surface area contributed by atoms with Gasteiger partial charge in [0, 0.05) is 5.56 Å². The van der Waals surface area contributed by atoms with Gasteiger partial charge in [-0.05, 0) is 30.3 Å². The van der Waals surface area contributed by atoms with Crippen LogP contribution in [0.3, 0.4) is 0 Å². The summed E-state index contributed by atoms with van der Waals surface area (Å²) in [5.41, 5.74) is 2.36. The van der Waals surface area contributed by atoms with E-state index in [1.165, 1.54) is 57.7 Å². The third-order valence-electron chi connectivity index (χ3n) is 3.50. The fourth-order valence-electron chi connectivity index (χ4n) is 2.19. The molecule has 2 N–H and O–H groups in total. The summed E-state index contributed by atoms with van der Waals surface area (Å²) < 4.78 is 40.0. The van der Waals surface area contributed by atoms with Crippen molar-refractivity contribution in [3.8, 4) is 23.3 Å². The van der Waals surface area contributed by atoms with Crippen LogP contribution >= 0.6 is 0 Å². The summed E-state index contributed by atoms with van der Waals surface area (Å²) in [4.78, 5) is 14.2. The first-order valence-corrected chi connectivity index (χ1v) is 8.97. The molecular formula is C17H17N3O6S. The largest absolute Gasteiger partial charge is 0.493 e. The van der Waals surface area contributed by atoms with Crippen molar-refractivity contribution < 1.29 is 27.4 Å². The fraction of sp³-hybridized carbons (Fsp3) is 0.176. The van der Waals surface area contributed by atoms with Gasteiger partial charge in [0.1, 0.15) is 0 Å². The Bertz CT molecular complexity index is 973. The van der Waals surface area contributed by atoms with Crippen LogP contribution in [0.15, 0.2) is 41.3 Å². The second-order valence-electron chi connectivity index (χ2n) is 5.11. The standard InChI is InChI=1S/C17H17N3O6S/c1-24-14-8-12(9-15(25-2)16(14)26-3)17(21)19-20-27(22,23)13-6-4-5-11(7-13)10-18/h4-9,20H,1-3H3,(H,19,21). The molecule has 0 heterocycles. The number of nitrogens with one attached hydrogen (secondary N) is 2. The molecule has 0 saturated carbocycles. The Morgan fingerprint density at radius 3 is 2.19 bits per heavy atom. The third kappa shape index (κ3) is 4.46. The number of ether oxygens (including phenoxy) is 3. The number of nitrogens with zero attached hydrogens (tertiary/aromatic N) is 1. The van der Waals surface area contributed by atoms with E-state index in [4.69, 9.17) is 19.5 Å². The average Bonchev–Trinajstić information content (AvgIpc) is 2.70. The van der Waals surface area contributed by atoms with Crippen LogP contribution in [0, 0.1) is 11.3 Å². The van der Waals surface area contributed by atoms with Crippen molar-refractivity contribution in [3.05, 3.63) is 47.5 Å². The van der Waals surface area contributed by atoms with Gasteiger partial charge in [0.15, 0.2) is 11.5 Å². The normalized spacial score (nSPS) is 10.6. The van der Waals surface area contributed by atoms with Gasteiger partial charge in [0.05, 0.1) is 37.9 Å².